The first-order chi connectivity index (χ1) is 15.3. The molecule has 2 aromatic carbocycles. The maximum Gasteiger partial charge on any atom is 0.236 e. The molecule has 0 amide bonds. The van der Waals surface area contributed by atoms with Gasteiger partial charge >= 0.3 is 0 Å². The van der Waals surface area contributed by atoms with Crippen molar-refractivity contribution in [2.24, 2.45) is 0 Å². The maximum atomic E-state index is 14.2. The van der Waals surface area contributed by atoms with Crippen molar-refractivity contribution in [2.45, 2.75) is 19.8 Å². The SMILES string of the molecule is CCCCP(=O)(C(=O)c1ccc(OC)cc1OC)C(=O)c1c(OC)cc(OC)cc1OC. The topological polar surface area (TPSA) is 97.4 Å². The van der Waals surface area contributed by atoms with Crippen LogP contribution in [0.2, 0.25) is 0 Å². The first kappa shape index (κ1) is 25.3. The molecule has 0 aliphatic rings. The van der Waals surface area contributed by atoms with Crippen LogP contribution >= 0.6 is 7.14 Å². The molecule has 1 atom stereocenters. The lowest BCUT2D eigenvalue weighted by Crippen LogP contribution is -2.16. The van der Waals surface area contributed by atoms with E-state index in [1.54, 1.807) is 6.07 Å². The number of carbonyl (C=O) groups is 2. The maximum absolute atomic E-state index is 14.2. The molecule has 0 aromatic heterocycles. The number of unbranched alkanes of at least 4 members (excludes halogenated alkanes) is 1. The number of benzene rings is 2. The quantitative estimate of drug-likeness (QED) is 0.410. The molecule has 0 saturated carbocycles. The Morgan fingerprint density at radius 2 is 1.28 bits per heavy atom. The van der Waals surface area contributed by atoms with E-state index in [1.165, 1.54) is 59.8 Å². The summed E-state index contributed by atoms with van der Waals surface area (Å²) in [7, 11) is 2.94. The predicted octanol–water partition coefficient (Wildman–Crippen LogP) is 4.87. The molecule has 0 fully saturated rings. The molecule has 32 heavy (non-hydrogen) atoms. The van der Waals surface area contributed by atoms with Crippen molar-refractivity contribution in [3.05, 3.63) is 41.5 Å². The van der Waals surface area contributed by atoms with E-state index < -0.39 is 18.2 Å². The van der Waals surface area contributed by atoms with Crippen molar-refractivity contribution in [1.29, 1.82) is 0 Å². The van der Waals surface area contributed by atoms with E-state index >= 15 is 0 Å². The Morgan fingerprint density at radius 3 is 1.75 bits per heavy atom. The summed E-state index contributed by atoms with van der Waals surface area (Å²) in [4.78, 5) is 27.3. The molecule has 0 saturated heterocycles. The Hall–Kier alpha value is -2.99. The summed E-state index contributed by atoms with van der Waals surface area (Å²) >= 11 is 0. The van der Waals surface area contributed by atoms with Gasteiger partial charge in [0.25, 0.3) is 0 Å². The number of ether oxygens (including phenoxy) is 5. The lowest BCUT2D eigenvalue weighted by Gasteiger charge is -2.20. The van der Waals surface area contributed by atoms with Crippen molar-refractivity contribution in [2.75, 3.05) is 41.7 Å². The molecule has 0 bridgehead atoms. The summed E-state index contributed by atoms with van der Waals surface area (Å²) in [6, 6.07) is 7.49. The highest BCUT2D eigenvalue weighted by molar-refractivity contribution is 7.95. The van der Waals surface area contributed by atoms with Crippen LogP contribution in [-0.2, 0) is 4.57 Å². The van der Waals surface area contributed by atoms with E-state index in [0.717, 1.165) is 0 Å². The molecule has 0 aliphatic carbocycles. The predicted molar refractivity (Wildman–Crippen MR) is 122 cm³/mol. The highest BCUT2D eigenvalue weighted by atomic mass is 31.2. The number of rotatable bonds is 12. The van der Waals surface area contributed by atoms with Gasteiger partial charge in [-0.3, -0.25) is 9.59 Å². The molecule has 8 nitrogen and oxygen atoms in total. The Balaban J connectivity index is 2.70. The zero-order chi connectivity index (χ0) is 23.9. The normalized spacial score (nSPS) is 12.4. The minimum atomic E-state index is -4.13. The van der Waals surface area contributed by atoms with Gasteiger partial charge in [0.1, 0.15) is 34.3 Å². The van der Waals surface area contributed by atoms with Crippen LogP contribution in [0.5, 0.6) is 28.7 Å². The Bertz CT molecular complexity index is 1010. The Labute approximate surface area is 188 Å². The molecular weight excluding hydrogens is 435 g/mol. The van der Waals surface area contributed by atoms with Crippen molar-refractivity contribution >= 4 is 18.2 Å². The lowest BCUT2D eigenvalue weighted by atomic mass is 10.2. The fraction of sp³-hybridized carbons (Fsp3) is 0.391. The number of methoxy groups -OCH3 is 5. The third-order valence-corrected chi connectivity index (χ3v) is 7.77. The van der Waals surface area contributed by atoms with Crippen LogP contribution in [0.1, 0.15) is 40.5 Å². The fourth-order valence-electron chi connectivity index (χ4n) is 3.24. The molecule has 0 N–H and O–H groups in total. The Morgan fingerprint density at radius 1 is 0.750 bits per heavy atom. The smallest absolute Gasteiger partial charge is 0.236 e. The second-order valence-electron chi connectivity index (χ2n) is 6.90. The molecule has 0 heterocycles. The summed E-state index contributed by atoms with van der Waals surface area (Å²) in [6.07, 6.45) is 0.990. The third-order valence-electron chi connectivity index (χ3n) is 5.05. The molecule has 0 aliphatic heterocycles. The van der Waals surface area contributed by atoms with Crippen molar-refractivity contribution < 1.29 is 37.8 Å². The molecule has 2 rings (SSSR count). The van der Waals surface area contributed by atoms with Crippen molar-refractivity contribution in [1.82, 2.24) is 0 Å². The van der Waals surface area contributed by atoms with Crippen LogP contribution < -0.4 is 23.7 Å². The van der Waals surface area contributed by atoms with E-state index in [1.807, 2.05) is 6.92 Å². The highest BCUT2D eigenvalue weighted by Gasteiger charge is 2.44. The first-order valence-corrected chi connectivity index (χ1v) is 11.9. The summed E-state index contributed by atoms with van der Waals surface area (Å²) in [5, 5.41) is 0. The van der Waals surface area contributed by atoms with Crippen LogP contribution in [0.3, 0.4) is 0 Å². The van der Waals surface area contributed by atoms with E-state index in [2.05, 4.69) is 0 Å². The summed E-state index contributed by atoms with van der Waals surface area (Å²) in [5.41, 5.74) is -1.62. The summed E-state index contributed by atoms with van der Waals surface area (Å²) in [5.74, 6) is 1.25. The molecule has 2 aromatic rings. The van der Waals surface area contributed by atoms with Crippen LogP contribution in [-0.4, -0.2) is 52.8 Å². The zero-order valence-corrected chi connectivity index (χ0v) is 20.1. The van der Waals surface area contributed by atoms with Gasteiger partial charge in [0, 0.05) is 24.4 Å². The lowest BCUT2D eigenvalue weighted by molar-refractivity contribution is 0.103. The fourth-order valence-corrected chi connectivity index (χ4v) is 5.75. The third kappa shape index (κ3) is 4.91. The minimum Gasteiger partial charge on any atom is -0.497 e. The second-order valence-corrected chi connectivity index (χ2v) is 9.64. The summed E-state index contributed by atoms with van der Waals surface area (Å²) < 4.78 is 40.6. The average Bonchev–Trinajstić information content (AvgIpc) is 2.84. The molecule has 9 heteroatoms. The van der Waals surface area contributed by atoms with Gasteiger partial charge in [0.2, 0.25) is 18.2 Å². The monoisotopic (exact) mass is 464 g/mol. The average molecular weight is 464 g/mol. The molecule has 0 radical (unpaired) electrons. The standard InChI is InChI=1S/C23H29O8P/c1-7-8-11-32(26,22(24)17-10-9-15(27-2)12-18(17)29-4)23(25)21-19(30-5)13-16(28-3)14-20(21)31-6/h9-10,12-14H,7-8,11H2,1-6H3. The second kappa shape index (κ2) is 11.0. The highest BCUT2D eigenvalue weighted by Crippen LogP contribution is 2.56. The molecule has 174 valence electrons. The van der Waals surface area contributed by atoms with Crippen molar-refractivity contribution in [3.63, 3.8) is 0 Å². The van der Waals surface area contributed by atoms with Gasteiger partial charge in [0.15, 0.2) is 0 Å². The van der Waals surface area contributed by atoms with E-state index in [4.69, 9.17) is 23.7 Å². The summed E-state index contributed by atoms with van der Waals surface area (Å²) in [6.45, 7) is 1.89. The first-order valence-electron chi connectivity index (χ1n) is 10.0. The largest absolute Gasteiger partial charge is 0.497 e. The number of carbonyl (C=O) groups excluding carboxylic acids is 2. The van der Waals surface area contributed by atoms with E-state index in [0.29, 0.717) is 24.3 Å². The van der Waals surface area contributed by atoms with Gasteiger partial charge in [0.05, 0.1) is 41.1 Å². The van der Waals surface area contributed by atoms with Crippen LogP contribution in [0.4, 0.5) is 0 Å². The van der Waals surface area contributed by atoms with Gasteiger partial charge in [-0.2, -0.15) is 0 Å². The van der Waals surface area contributed by atoms with E-state index in [9.17, 15) is 14.2 Å². The zero-order valence-electron chi connectivity index (χ0n) is 19.2. The van der Waals surface area contributed by atoms with Crippen LogP contribution in [0, 0.1) is 0 Å². The van der Waals surface area contributed by atoms with E-state index in [-0.39, 0.29) is 34.5 Å². The van der Waals surface area contributed by atoms with Crippen LogP contribution in [0.25, 0.3) is 0 Å². The Kier molecular flexibility index (Phi) is 8.72. The van der Waals surface area contributed by atoms with Gasteiger partial charge in [-0.15, -0.1) is 0 Å². The van der Waals surface area contributed by atoms with Gasteiger partial charge in [-0.25, -0.2) is 0 Å². The number of hydrogen-bond acceptors (Lipinski definition) is 8. The van der Waals surface area contributed by atoms with Crippen LogP contribution in [0.15, 0.2) is 30.3 Å². The molecule has 0 spiro atoms. The molecule has 1 unspecified atom stereocenters. The molecular formula is C23H29O8P. The number of hydrogen-bond donors (Lipinski definition) is 0. The van der Waals surface area contributed by atoms with Gasteiger partial charge in [-0.05, 0) is 18.6 Å². The van der Waals surface area contributed by atoms with Gasteiger partial charge < -0.3 is 28.2 Å². The van der Waals surface area contributed by atoms with Gasteiger partial charge in [-0.1, -0.05) is 13.3 Å². The minimum absolute atomic E-state index is 0.0486. The van der Waals surface area contributed by atoms with Crippen molar-refractivity contribution in [3.8, 4) is 28.7 Å².